The molecular formula is C19H20ClFN2O2. The zero-order valence-corrected chi connectivity index (χ0v) is 14.8. The average Bonchev–Trinajstić information content (AvgIpc) is 2.63. The Hall–Kier alpha value is -2.11. The molecule has 1 heterocycles. The Morgan fingerprint density at radius 2 is 2.20 bits per heavy atom. The lowest BCUT2D eigenvalue weighted by Crippen LogP contribution is -2.25. The Bertz CT molecular complexity index is 795. The second-order valence-corrected chi connectivity index (χ2v) is 6.37. The van der Waals surface area contributed by atoms with Crippen LogP contribution in [0.1, 0.15) is 34.8 Å². The largest absolute Gasteiger partial charge is 0.493 e. The van der Waals surface area contributed by atoms with Crippen molar-refractivity contribution in [2.75, 3.05) is 18.5 Å². The number of hydrogen-bond acceptors (Lipinski definition) is 3. The number of nitrogens with one attached hydrogen (secondary N) is 2. The van der Waals surface area contributed by atoms with Crippen LogP contribution in [0.5, 0.6) is 5.75 Å². The zero-order valence-electron chi connectivity index (χ0n) is 14.0. The molecule has 4 nitrogen and oxygen atoms in total. The third kappa shape index (κ3) is 3.94. The summed E-state index contributed by atoms with van der Waals surface area (Å²) in [5.41, 5.74) is 2.05. The van der Waals surface area contributed by atoms with E-state index in [4.69, 9.17) is 16.3 Å². The predicted octanol–water partition coefficient (Wildman–Crippen LogP) is 4.17. The molecule has 1 amide bonds. The molecule has 132 valence electrons. The van der Waals surface area contributed by atoms with E-state index < -0.39 is 5.91 Å². The van der Waals surface area contributed by atoms with Gasteiger partial charge in [0, 0.05) is 11.6 Å². The number of benzene rings is 2. The molecule has 0 fully saturated rings. The molecular weight excluding hydrogens is 343 g/mol. The Balaban J connectivity index is 1.86. The standard InChI is InChI=1S/C19H20ClFN2O2/c1-2-9-25-17-6-4-13(20)10-15(17)19(24)23-16-5-3-12-11-22-8-7-14(12)18(16)21/h3-6,10,22H,2,7-9,11H2,1H3,(H,23,24). The van der Waals surface area contributed by atoms with Crippen molar-refractivity contribution in [2.45, 2.75) is 26.3 Å². The van der Waals surface area contributed by atoms with Crippen molar-refractivity contribution in [2.24, 2.45) is 0 Å². The smallest absolute Gasteiger partial charge is 0.259 e. The van der Waals surface area contributed by atoms with Gasteiger partial charge in [-0.1, -0.05) is 24.6 Å². The summed E-state index contributed by atoms with van der Waals surface area (Å²) in [6, 6.07) is 8.28. The van der Waals surface area contributed by atoms with Crippen LogP contribution in [0.4, 0.5) is 10.1 Å². The number of carbonyl (C=O) groups is 1. The summed E-state index contributed by atoms with van der Waals surface area (Å²) in [7, 11) is 0. The lowest BCUT2D eigenvalue weighted by atomic mass is 9.99. The molecule has 0 spiro atoms. The predicted molar refractivity (Wildman–Crippen MR) is 97.0 cm³/mol. The van der Waals surface area contributed by atoms with Crippen LogP contribution in [0.2, 0.25) is 5.02 Å². The number of ether oxygens (including phenoxy) is 1. The van der Waals surface area contributed by atoms with E-state index in [0.717, 1.165) is 18.5 Å². The SMILES string of the molecule is CCCOc1ccc(Cl)cc1C(=O)Nc1ccc2c(c1F)CCNC2. The first-order valence-electron chi connectivity index (χ1n) is 8.34. The van der Waals surface area contributed by atoms with Crippen LogP contribution in [-0.2, 0) is 13.0 Å². The quantitative estimate of drug-likeness (QED) is 0.839. The van der Waals surface area contributed by atoms with Crippen LogP contribution in [0, 0.1) is 5.82 Å². The second-order valence-electron chi connectivity index (χ2n) is 5.93. The molecule has 2 N–H and O–H groups in total. The fourth-order valence-corrected chi connectivity index (χ4v) is 3.01. The van der Waals surface area contributed by atoms with Crippen molar-refractivity contribution in [1.29, 1.82) is 0 Å². The number of fused-ring (bicyclic) bond motifs is 1. The third-order valence-electron chi connectivity index (χ3n) is 4.10. The van der Waals surface area contributed by atoms with Crippen molar-refractivity contribution in [3.63, 3.8) is 0 Å². The lowest BCUT2D eigenvalue weighted by molar-refractivity contribution is 0.102. The molecule has 0 bridgehead atoms. The molecule has 1 aliphatic rings. The minimum atomic E-state index is -0.443. The van der Waals surface area contributed by atoms with Crippen molar-refractivity contribution < 1.29 is 13.9 Å². The second kappa shape index (κ2) is 7.85. The van der Waals surface area contributed by atoms with Gasteiger partial charge in [0.15, 0.2) is 0 Å². The Kier molecular flexibility index (Phi) is 5.56. The van der Waals surface area contributed by atoms with E-state index >= 15 is 0 Å². The minimum absolute atomic E-state index is 0.173. The lowest BCUT2D eigenvalue weighted by Gasteiger charge is -2.19. The number of carbonyl (C=O) groups excluding carboxylic acids is 1. The van der Waals surface area contributed by atoms with Crippen molar-refractivity contribution in [1.82, 2.24) is 5.32 Å². The Labute approximate surface area is 151 Å². The number of halogens is 2. The number of amides is 1. The van der Waals surface area contributed by atoms with E-state index in [1.165, 1.54) is 6.07 Å². The first kappa shape index (κ1) is 17.7. The van der Waals surface area contributed by atoms with Crippen molar-refractivity contribution >= 4 is 23.2 Å². The highest BCUT2D eigenvalue weighted by molar-refractivity contribution is 6.31. The third-order valence-corrected chi connectivity index (χ3v) is 4.34. The highest BCUT2D eigenvalue weighted by Gasteiger charge is 2.19. The molecule has 25 heavy (non-hydrogen) atoms. The van der Waals surface area contributed by atoms with Crippen LogP contribution in [0.25, 0.3) is 0 Å². The maximum Gasteiger partial charge on any atom is 0.259 e. The molecule has 0 aromatic heterocycles. The summed E-state index contributed by atoms with van der Waals surface area (Å²) >= 11 is 6.01. The van der Waals surface area contributed by atoms with E-state index in [0.29, 0.717) is 41.5 Å². The van der Waals surface area contributed by atoms with Gasteiger partial charge in [0.1, 0.15) is 11.6 Å². The highest BCUT2D eigenvalue weighted by Crippen LogP contribution is 2.27. The van der Waals surface area contributed by atoms with Gasteiger partial charge >= 0.3 is 0 Å². The van der Waals surface area contributed by atoms with Gasteiger partial charge in [-0.15, -0.1) is 0 Å². The summed E-state index contributed by atoms with van der Waals surface area (Å²) in [6.07, 6.45) is 1.42. The maximum absolute atomic E-state index is 14.7. The normalized spacial score (nSPS) is 13.2. The summed E-state index contributed by atoms with van der Waals surface area (Å²) in [4.78, 5) is 12.6. The van der Waals surface area contributed by atoms with Gasteiger partial charge in [-0.25, -0.2) is 4.39 Å². The highest BCUT2D eigenvalue weighted by atomic mass is 35.5. The fraction of sp³-hybridized carbons (Fsp3) is 0.316. The Morgan fingerprint density at radius 3 is 3.00 bits per heavy atom. The minimum Gasteiger partial charge on any atom is -0.493 e. The number of rotatable bonds is 5. The van der Waals surface area contributed by atoms with E-state index in [9.17, 15) is 9.18 Å². The summed E-state index contributed by atoms with van der Waals surface area (Å²) in [6.45, 7) is 3.84. The molecule has 3 rings (SSSR count). The molecule has 0 unspecified atom stereocenters. The van der Waals surface area contributed by atoms with Crippen LogP contribution in [-0.4, -0.2) is 19.1 Å². The monoisotopic (exact) mass is 362 g/mol. The maximum atomic E-state index is 14.7. The van der Waals surface area contributed by atoms with E-state index in [1.807, 2.05) is 13.0 Å². The first-order chi connectivity index (χ1) is 12.1. The zero-order chi connectivity index (χ0) is 17.8. The number of hydrogen-bond donors (Lipinski definition) is 2. The molecule has 2 aromatic rings. The number of anilines is 1. The van der Waals surface area contributed by atoms with Crippen LogP contribution >= 0.6 is 11.6 Å². The molecule has 6 heteroatoms. The van der Waals surface area contributed by atoms with Gasteiger partial charge in [-0.3, -0.25) is 4.79 Å². The van der Waals surface area contributed by atoms with Gasteiger partial charge in [-0.2, -0.15) is 0 Å². The van der Waals surface area contributed by atoms with Crippen LogP contribution in [0.3, 0.4) is 0 Å². The first-order valence-corrected chi connectivity index (χ1v) is 8.72. The van der Waals surface area contributed by atoms with E-state index in [1.54, 1.807) is 18.2 Å². The molecule has 0 atom stereocenters. The molecule has 2 aromatic carbocycles. The van der Waals surface area contributed by atoms with Crippen molar-refractivity contribution in [3.05, 3.63) is 57.9 Å². The summed E-state index contributed by atoms with van der Waals surface area (Å²) in [5, 5.41) is 6.27. The van der Waals surface area contributed by atoms with E-state index in [2.05, 4.69) is 10.6 Å². The molecule has 0 radical (unpaired) electrons. The Morgan fingerprint density at radius 1 is 1.36 bits per heavy atom. The molecule has 1 aliphatic heterocycles. The van der Waals surface area contributed by atoms with Gasteiger partial charge in [0.2, 0.25) is 0 Å². The van der Waals surface area contributed by atoms with Crippen molar-refractivity contribution in [3.8, 4) is 5.75 Å². The molecule has 0 saturated heterocycles. The molecule has 0 saturated carbocycles. The van der Waals surface area contributed by atoms with Gasteiger partial charge < -0.3 is 15.4 Å². The van der Waals surface area contributed by atoms with Gasteiger partial charge in [0.05, 0.1) is 17.9 Å². The topological polar surface area (TPSA) is 50.4 Å². The average molecular weight is 363 g/mol. The molecule has 0 aliphatic carbocycles. The van der Waals surface area contributed by atoms with Gasteiger partial charge in [0.25, 0.3) is 5.91 Å². The fourth-order valence-electron chi connectivity index (χ4n) is 2.84. The summed E-state index contributed by atoms with van der Waals surface area (Å²) in [5.74, 6) is -0.377. The van der Waals surface area contributed by atoms with Gasteiger partial charge in [-0.05, 0) is 54.8 Å². The van der Waals surface area contributed by atoms with Crippen LogP contribution in [0.15, 0.2) is 30.3 Å². The van der Waals surface area contributed by atoms with E-state index in [-0.39, 0.29) is 11.5 Å². The van der Waals surface area contributed by atoms with Crippen LogP contribution < -0.4 is 15.4 Å². The summed E-state index contributed by atoms with van der Waals surface area (Å²) < 4.78 is 20.3.